The second-order valence-corrected chi connectivity index (χ2v) is 22.0. The average Bonchev–Trinajstić information content (AvgIpc) is 3.64. The first kappa shape index (κ1) is 33.2. The molecule has 9 aromatic rings. The van der Waals surface area contributed by atoms with Gasteiger partial charge in [-0.2, -0.15) is 0 Å². The van der Waals surface area contributed by atoms with Crippen LogP contribution in [0.3, 0.4) is 0 Å². The maximum atomic E-state index is 6.92. The molecule has 4 aliphatic rings. The highest BCUT2D eigenvalue weighted by molar-refractivity contribution is 7.04. The van der Waals surface area contributed by atoms with Crippen molar-refractivity contribution in [3.63, 3.8) is 0 Å². The summed E-state index contributed by atoms with van der Waals surface area (Å²) in [5, 5.41) is 5.20. The SMILES string of the molecule is CC1(C)c2ccccc2Oc2cc3c(cc21)N(c1ccc(-c2ccccc2)cc1)B1c2cccc4c2N(c2ccccc2[Si]4(C)C)c2cc4oc5ccccc5c4c-3c21. The molecular weight excluding hydrogens is 735 g/mol. The standard InChI is InChI=1S/C53H39BN2O2Si/c1-53(2)37-18-9-12-22-44(37)58-45-29-36-41(30-38(45)53)56(34-27-25-33(26-28-34)32-15-6-5-7-16-32)54-39-19-14-24-48-52(39)55(40-20-10-13-23-47(40)59(48,3)4)42-31-46-49(50(36)51(42)54)35-17-8-11-21-43(35)57-46/h5-31H,1-4H3. The van der Waals surface area contributed by atoms with Gasteiger partial charge in [0, 0.05) is 67.4 Å². The Morgan fingerprint density at radius 3 is 2.17 bits per heavy atom. The third-order valence-electron chi connectivity index (χ3n) is 13.9. The van der Waals surface area contributed by atoms with Gasteiger partial charge in [-0.3, -0.25) is 0 Å². The molecule has 6 heteroatoms. The molecule has 0 aliphatic carbocycles. The Balaban J connectivity index is 1.19. The van der Waals surface area contributed by atoms with E-state index in [-0.39, 0.29) is 12.3 Å². The molecule has 8 aromatic carbocycles. The fourth-order valence-electron chi connectivity index (χ4n) is 11.1. The number of anilines is 5. The number of furan rings is 1. The predicted octanol–water partition coefficient (Wildman–Crippen LogP) is 11.5. The van der Waals surface area contributed by atoms with Crippen LogP contribution in [0.5, 0.6) is 11.5 Å². The summed E-state index contributed by atoms with van der Waals surface area (Å²) in [6.45, 7) is 9.60. The first-order valence-electron chi connectivity index (χ1n) is 20.7. The van der Waals surface area contributed by atoms with E-state index in [0.717, 1.165) is 44.7 Å². The van der Waals surface area contributed by atoms with Gasteiger partial charge < -0.3 is 18.9 Å². The highest BCUT2D eigenvalue weighted by Crippen LogP contribution is 2.56. The molecule has 59 heavy (non-hydrogen) atoms. The molecule has 0 unspecified atom stereocenters. The molecule has 4 nitrogen and oxygen atoms in total. The van der Waals surface area contributed by atoms with Crippen LogP contribution in [0.25, 0.3) is 44.2 Å². The minimum absolute atomic E-state index is 0.118. The van der Waals surface area contributed by atoms with Gasteiger partial charge in [-0.05, 0) is 80.5 Å². The summed E-state index contributed by atoms with van der Waals surface area (Å²) >= 11 is 0. The molecule has 13 rings (SSSR count). The van der Waals surface area contributed by atoms with Crippen molar-refractivity contribution in [3.8, 4) is 33.8 Å². The van der Waals surface area contributed by atoms with Crippen molar-refractivity contribution in [2.24, 2.45) is 0 Å². The summed E-state index contributed by atoms with van der Waals surface area (Å²) in [6, 6.07) is 60.4. The van der Waals surface area contributed by atoms with Gasteiger partial charge in [-0.25, -0.2) is 0 Å². The predicted molar refractivity (Wildman–Crippen MR) is 248 cm³/mol. The average molecular weight is 775 g/mol. The third kappa shape index (κ3) is 4.29. The third-order valence-corrected chi connectivity index (χ3v) is 17.4. The summed E-state index contributed by atoms with van der Waals surface area (Å²) in [4.78, 5) is 5.22. The highest BCUT2D eigenvalue weighted by atomic mass is 28.3. The van der Waals surface area contributed by atoms with Gasteiger partial charge in [0.15, 0.2) is 0 Å². The van der Waals surface area contributed by atoms with Gasteiger partial charge in [0.05, 0.1) is 0 Å². The molecule has 0 fully saturated rings. The van der Waals surface area contributed by atoms with E-state index in [9.17, 15) is 0 Å². The van der Waals surface area contributed by atoms with E-state index in [4.69, 9.17) is 9.15 Å². The van der Waals surface area contributed by atoms with Crippen LogP contribution in [-0.2, 0) is 5.41 Å². The topological polar surface area (TPSA) is 28.9 Å². The van der Waals surface area contributed by atoms with Crippen LogP contribution >= 0.6 is 0 Å². The van der Waals surface area contributed by atoms with Crippen LogP contribution in [-0.4, -0.2) is 14.9 Å². The van der Waals surface area contributed by atoms with Crippen molar-refractivity contribution >= 4 is 86.6 Å². The van der Waals surface area contributed by atoms with Crippen molar-refractivity contribution in [1.29, 1.82) is 0 Å². The molecule has 4 aliphatic heterocycles. The van der Waals surface area contributed by atoms with Crippen molar-refractivity contribution in [2.75, 3.05) is 9.71 Å². The molecule has 0 saturated heterocycles. The van der Waals surface area contributed by atoms with Gasteiger partial charge >= 0.3 is 6.85 Å². The maximum absolute atomic E-state index is 6.92. The Labute approximate surface area is 345 Å². The minimum Gasteiger partial charge on any atom is -0.457 e. The molecule has 0 atom stereocenters. The Morgan fingerprint density at radius 1 is 0.576 bits per heavy atom. The van der Waals surface area contributed by atoms with E-state index in [2.05, 4.69) is 200 Å². The maximum Gasteiger partial charge on any atom is 0.333 e. The zero-order valence-electron chi connectivity index (χ0n) is 33.4. The summed E-state index contributed by atoms with van der Waals surface area (Å²) in [6.07, 6.45) is 0. The largest absolute Gasteiger partial charge is 0.457 e. The van der Waals surface area contributed by atoms with Crippen LogP contribution in [0.2, 0.25) is 13.1 Å². The van der Waals surface area contributed by atoms with E-state index in [0.29, 0.717) is 0 Å². The fourth-order valence-corrected chi connectivity index (χ4v) is 14.1. The lowest BCUT2D eigenvalue weighted by atomic mass is 9.43. The summed E-state index contributed by atoms with van der Waals surface area (Å²) in [5.41, 5.74) is 17.4. The lowest BCUT2D eigenvalue weighted by Crippen LogP contribution is -2.67. The Hall–Kier alpha value is -6.76. The zero-order chi connectivity index (χ0) is 39.4. The number of ether oxygens (including phenoxy) is 1. The Bertz CT molecular complexity index is 3280. The summed E-state index contributed by atoms with van der Waals surface area (Å²) < 4.78 is 13.8. The molecule has 0 bridgehead atoms. The number of rotatable bonds is 2. The van der Waals surface area contributed by atoms with Crippen LogP contribution in [0.15, 0.2) is 168 Å². The van der Waals surface area contributed by atoms with Gasteiger partial charge in [0.1, 0.15) is 30.7 Å². The highest BCUT2D eigenvalue weighted by Gasteiger charge is 2.51. The van der Waals surface area contributed by atoms with E-state index in [1.54, 1.807) is 0 Å². The van der Waals surface area contributed by atoms with Crippen LogP contribution < -0.4 is 35.7 Å². The molecule has 5 heterocycles. The van der Waals surface area contributed by atoms with Crippen LogP contribution in [0.4, 0.5) is 28.4 Å². The Kier molecular flexibility index (Phi) is 6.46. The smallest absolute Gasteiger partial charge is 0.333 e. The number of fused-ring (bicyclic) bond motifs is 12. The minimum atomic E-state index is -2.12. The van der Waals surface area contributed by atoms with Crippen LogP contribution in [0.1, 0.15) is 25.0 Å². The van der Waals surface area contributed by atoms with E-state index in [1.807, 2.05) is 0 Å². The van der Waals surface area contributed by atoms with Gasteiger partial charge in [-0.1, -0.05) is 142 Å². The van der Waals surface area contributed by atoms with E-state index in [1.165, 1.54) is 71.9 Å². The van der Waals surface area contributed by atoms with Crippen molar-refractivity contribution in [2.45, 2.75) is 32.4 Å². The molecule has 0 amide bonds. The normalized spacial score (nSPS) is 15.8. The van der Waals surface area contributed by atoms with E-state index < -0.39 is 8.07 Å². The molecule has 0 radical (unpaired) electrons. The molecule has 1 aromatic heterocycles. The van der Waals surface area contributed by atoms with Crippen molar-refractivity contribution < 1.29 is 9.15 Å². The number of para-hydroxylation sites is 4. The Morgan fingerprint density at radius 2 is 1.31 bits per heavy atom. The fraction of sp³-hybridized carbons (Fsp3) is 0.0943. The molecular formula is C53H39BN2O2Si. The number of hydrogen-bond donors (Lipinski definition) is 0. The lowest BCUT2D eigenvalue weighted by Gasteiger charge is -2.50. The van der Waals surface area contributed by atoms with Crippen molar-refractivity contribution in [1.82, 2.24) is 0 Å². The quantitative estimate of drug-likeness (QED) is 0.164. The van der Waals surface area contributed by atoms with Gasteiger partial charge in [-0.15, -0.1) is 0 Å². The molecule has 0 N–H and O–H groups in total. The van der Waals surface area contributed by atoms with E-state index >= 15 is 0 Å². The number of nitrogens with zero attached hydrogens (tertiary/aromatic N) is 2. The molecule has 0 saturated carbocycles. The second-order valence-electron chi connectivity index (χ2n) is 17.7. The summed E-state index contributed by atoms with van der Waals surface area (Å²) in [7, 11) is -2.12. The second kappa shape index (κ2) is 11.5. The first-order valence-corrected chi connectivity index (χ1v) is 23.7. The van der Waals surface area contributed by atoms with Gasteiger partial charge in [0.2, 0.25) is 0 Å². The molecule has 0 spiro atoms. The van der Waals surface area contributed by atoms with Crippen molar-refractivity contribution in [3.05, 3.63) is 175 Å². The molecule has 280 valence electrons. The number of benzene rings is 8. The number of hydrogen-bond acceptors (Lipinski definition) is 4. The van der Waals surface area contributed by atoms with Crippen LogP contribution in [0, 0.1) is 0 Å². The zero-order valence-corrected chi connectivity index (χ0v) is 34.4. The lowest BCUT2D eigenvalue weighted by molar-refractivity contribution is 0.418. The van der Waals surface area contributed by atoms with Gasteiger partial charge in [0.25, 0.3) is 0 Å². The first-order chi connectivity index (χ1) is 28.8. The monoisotopic (exact) mass is 774 g/mol. The summed E-state index contributed by atoms with van der Waals surface area (Å²) in [5.74, 6) is 1.82.